The van der Waals surface area contributed by atoms with Crippen LogP contribution in [0, 0.1) is 0 Å². The van der Waals surface area contributed by atoms with Crippen molar-refractivity contribution in [2.24, 2.45) is 0 Å². The Bertz CT molecular complexity index is 2020. The summed E-state index contributed by atoms with van der Waals surface area (Å²) in [6, 6.07) is 0. The van der Waals surface area contributed by atoms with E-state index < -0.39 is 97.5 Å². The number of phosphoric acid groups is 2. The van der Waals surface area contributed by atoms with Crippen molar-refractivity contribution in [1.29, 1.82) is 0 Å². The van der Waals surface area contributed by atoms with Crippen LogP contribution >= 0.6 is 15.6 Å². The number of rotatable bonds is 89. The molecule has 0 saturated heterocycles. The molecule has 0 bridgehead atoms. The second-order valence-electron chi connectivity index (χ2n) is 31.6. The smallest absolute Gasteiger partial charge is 0.462 e. The van der Waals surface area contributed by atoms with Crippen LogP contribution in [-0.4, -0.2) is 96.7 Å². The molecule has 0 rings (SSSR count). The van der Waals surface area contributed by atoms with Crippen molar-refractivity contribution >= 4 is 39.5 Å². The zero-order chi connectivity index (χ0) is 78.1. The third kappa shape index (κ3) is 81.9. The Morgan fingerprint density at radius 3 is 0.551 bits per heavy atom. The number of aliphatic hydroxyl groups excluding tert-OH is 1. The predicted molar refractivity (Wildman–Crippen MR) is 442 cm³/mol. The fourth-order valence-corrected chi connectivity index (χ4v) is 15.5. The Hall–Kier alpha value is -1.94. The SMILES string of the molecule is CCCCCCCCCCCCCCCCCCCCCCC(=O)OC[C@H](COP(=O)(O)OC[C@@H](O)COP(=O)(O)OC[C@@H](COC(=O)CCCCCCCCCCC)OC(=O)CCCCCCCCCCCCCCCCCCCC)OC(=O)CCCCCCCCCCCCCCCCCCCCCC. The third-order valence-electron chi connectivity index (χ3n) is 20.9. The molecule has 0 saturated carbocycles. The Morgan fingerprint density at radius 1 is 0.224 bits per heavy atom. The van der Waals surface area contributed by atoms with E-state index in [-0.39, 0.29) is 25.7 Å². The number of ether oxygens (including phenoxy) is 4. The molecule has 3 N–H and O–H groups in total. The first-order chi connectivity index (χ1) is 52.2. The molecule has 5 atom stereocenters. The number of hydrogen-bond donors (Lipinski definition) is 3. The molecule has 0 fully saturated rings. The summed E-state index contributed by atoms with van der Waals surface area (Å²) in [5.74, 6) is -2.10. The Morgan fingerprint density at radius 2 is 0.374 bits per heavy atom. The van der Waals surface area contributed by atoms with Crippen LogP contribution in [0.1, 0.15) is 484 Å². The number of aliphatic hydroxyl groups is 1. The van der Waals surface area contributed by atoms with Crippen LogP contribution in [0.4, 0.5) is 0 Å². The molecule has 0 spiro atoms. The van der Waals surface area contributed by atoms with Gasteiger partial charge in [-0.3, -0.25) is 37.3 Å². The average Bonchev–Trinajstić information content (AvgIpc) is 0.903. The minimum atomic E-state index is -4.97. The lowest BCUT2D eigenvalue weighted by Gasteiger charge is -2.21. The van der Waals surface area contributed by atoms with Gasteiger partial charge in [-0.25, -0.2) is 9.13 Å². The molecule has 2 unspecified atom stereocenters. The van der Waals surface area contributed by atoms with Crippen LogP contribution in [0.15, 0.2) is 0 Å². The molecule has 17 nitrogen and oxygen atoms in total. The van der Waals surface area contributed by atoms with Crippen molar-refractivity contribution in [3.63, 3.8) is 0 Å². The summed E-state index contributed by atoms with van der Waals surface area (Å²) in [5.41, 5.74) is 0. The maximum atomic E-state index is 13.2. The fourth-order valence-electron chi connectivity index (χ4n) is 13.9. The summed E-state index contributed by atoms with van der Waals surface area (Å²) in [7, 11) is -9.93. The lowest BCUT2D eigenvalue weighted by Crippen LogP contribution is -2.30. The van der Waals surface area contributed by atoms with Gasteiger partial charge in [0.1, 0.15) is 19.3 Å². The highest BCUT2D eigenvalue weighted by molar-refractivity contribution is 7.47. The van der Waals surface area contributed by atoms with E-state index in [9.17, 15) is 43.2 Å². The Kier molecular flexibility index (Phi) is 80.6. The van der Waals surface area contributed by atoms with E-state index in [1.54, 1.807) is 0 Å². The van der Waals surface area contributed by atoms with Crippen LogP contribution in [0.25, 0.3) is 0 Å². The van der Waals surface area contributed by atoms with E-state index in [2.05, 4.69) is 27.7 Å². The van der Waals surface area contributed by atoms with Crippen molar-refractivity contribution in [2.45, 2.75) is 502 Å². The highest BCUT2D eigenvalue weighted by Gasteiger charge is 2.30. The van der Waals surface area contributed by atoms with Crippen molar-refractivity contribution in [1.82, 2.24) is 0 Å². The molecule has 0 heterocycles. The molecular weight excluding hydrogens is 1390 g/mol. The van der Waals surface area contributed by atoms with Crippen molar-refractivity contribution < 1.29 is 80.2 Å². The second kappa shape index (κ2) is 82.1. The molecule has 0 aromatic heterocycles. The topological polar surface area (TPSA) is 237 Å². The highest BCUT2D eigenvalue weighted by Crippen LogP contribution is 2.45. The van der Waals surface area contributed by atoms with Crippen LogP contribution in [0.2, 0.25) is 0 Å². The van der Waals surface area contributed by atoms with Crippen molar-refractivity contribution in [3.05, 3.63) is 0 Å². The largest absolute Gasteiger partial charge is 0.472 e. The first-order valence-corrected chi connectivity index (χ1v) is 48.8. The lowest BCUT2D eigenvalue weighted by atomic mass is 10.0. The van der Waals surface area contributed by atoms with Gasteiger partial charge >= 0.3 is 39.5 Å². The van der Waals surface area contributed by atoms with Crippen LogP contribution in [0.3, 0.4) is 0 Å². The highest BCUT2D eigenvalue weighted by atomic mass is 31.2. The number of esters is 4. The summed E-state index contributed by atoms with van der Waals surface area (Å²) < 4.78 is 68.9. The van der Waals surface area contributed by atoms with Gasteiger partial charge in [-0.15, -0.1) is 0 Å². The molecule has 0 aliphatic carbocycles. The van der Waals surface area contributed by atoms with E-state index in [0.717, 1.165) is 89.9 Å². The van der Waals surface area contributed by atoms with E-state index in [0.29, 0.717) is 25.7 Å². The Balaban J connectivity index is 5.19. The minimum absolute atomic E-state index is 0.109. The van der Waals surface area contributed by atoms with E-state index in [1.807, 2.05) is 0 Å². The fraction of sp³-hybridized carbons (Fsp3) is 0.955. The molecule has 0 radical (unpaired) electrons. The summed E-state index contributed by atoms with van der Waals surface area (Å²) in [5, 5.41) is 10.7. The molecular formula is C88H172O17P2. The first-order valence-electron chi connectivity index (χ1n) is 45.8. The number of phosphoric ester groups is 2. The summed E-state index contributed by atoms with van der Waals surface area (Å²) in [4.78, 5) is 73.2. The maximum absolute atomic E-state index is 13.2. The van der Waals surface area contributed by atoms with E-state index >= 15 is 0 Å². The van der Waals surface area contributed by atoms with Gasteiger partial charge in [0.15, 0.2) is 12.2 Å². The van der Waals surface area contributed by atoms with Gasteiger partial charge in [0.25, 0.3) is 0 Å². The molecule has 636 valence electrons. The normalized spacial score (nSPS) is 13.7. The Labute approximate surface area is 658 Å². The zero-order valence-corrected chi connectivity index (χ0v) is 71.9. The van der Waals surface area contributed by atoms with Gasteiger partial charge in [-0.1, -0.05) is 432 Å². The van der Waals surface area contributed by atoms with Crippen molar-refractivity contribution in [3.8, 4) is 0 Å². The lowest BCUT2D eigenvalue weighted by molar-refractivity contribution is -0.161. The van der Waals surface area contributed by atoms with Gasteiger partial charge in [0, 0.05) is 25.7 Å². The van der Waals surface area contributed by atoms with Gasteiger partial charge in [0.2, 0.25) is 0 Å². The number of carbonyl (C=O) groups excluding carboxylic acids is 4. The monoisotopic (exact) mass is 1560 g/mol. The molecule has 0 aromatic carbocycles. The van der Waals surface area contributed by atoms with E-state index in [1.165, 1.54) is 315 Å². The van der Waals surface area contributed by atoms with Gasteiger partial charge < -0.3 is 33.8 Å². The summed E-state index contributed by atoms with van der Waals surface area (Å²) >= 11 is 0. The molecule has 19 heteroatoms. The molecule has 0 aliphatic rings. The number of unbranched alkanes of at least 4 members (excludes halogenated alkanes) is 63. The first kappa shape index (κ1) is 105. The summed E-state index contributed by atoms with van der Waals surface area (Å²) in [6.45, 7) is 5.05. The molecule has 107 heavy (non-hydrogen) atoms. The van der Waals surface area contributed by atoms with Crippen molar-refractivity contribution in [2.75, 3.05) is 39.6 Å². The third-order valence-corrected chi connectivity index (χ3v) is 22.8. The van der Waals surface area contributed by atoms with Crippen LogP contribution in [-0.2, 0) is 65.4 Å². The summed E-state index contributed by atoms with van der Waals surface area (Å²) in [6.07, 6.45) is 77.9. The van der Waals surface area contributed by atoms with Gasteiger partial charge in [-0.05, 0) is 25.7 Å². The van der Waals surface area contributed by atoms with Crippen LogP contribution in [0.5, 0.6) is 0 Å². The molecule has 0 aliphatic heterocycles. The molecule has 0 amide bonds. The number of carbonyl (C=O) groups is 4. The standard InChI is InChI=1S/C88H172O17P2/c1-5-9-13-17-21-25-28-31-34-37-40-42-45-47-50-53-57-61-65-69-73-86(91)99-79-84(105-88(93)75-71-67-63-59-55-52-49-46-43-41-38-35-32-29-26-22-18-14-10-6-2)81-103-107(96,97)101-77-82(89)76-100-106(94,95)102-80-83(78-98-85(90)72-68-64-60-56-24-20-16-12-8-4)104-87(92)74-70-66-62-58-54-51-48-44-39-36-33-30-27-23-19-15-11-7-3/h82-84,89H,5-81H2,1-4H3,(H,94,95)(H,96,97)/t82-,83+,84+/m0/s1. The number of hydrogen-bond acceptors (Lipinski definition) is 15. The minimum Gasteiger partial charge on any atom is -0.462 e. The molecule has 0 aromatic rings. The van der Waals surface area contributed by atoms with Gasteiger partial charge in [-0.2, -0.15) is 0 Å². The van der Waals surface area contributed by atoms with Gasteiger partial charge in [0.05, 0.1) is 26.4 Å². The predicted octanol–water partition coefficient (Wildman–Crippen LogP) is 27.3. The zero-order valence-electron chi connectivity index (χ0n) is 70.1. The maximum Gasteiger partial charge on any atom is 0.472 e. The second-order valence-corrected chi connectivity index (χ2v) is 34.5. The quantitative estimate of drug-likeness (QED) is 0.0222. The van der Waals surface area contributed by atoms with Crippen LogP contribution < -0.4 is 0 Å². The van der Waals surface area contributed by atoms with E-state index in [4.69, 9.17) is 37.0 Å². The average molecular weight is 1560 g/mol.